The number of nitrogens with zero attached hydrogens (tertiary/aromatic N) is 4. The van der Waals surface area contributed by atoms with E-state index in [1.165, 1.54) is 0 Å². The third-order valence-corrected chi connectivity index (χ3v) is 6.38. The first-order valence-corrected chi connectivity index (χ1v) is 10.6. The summed E-state index contributed by atoms with van der Waals surface area (Å²) in [7, 11) is 0. The molecule has 2 aromatic heterocycles. The van der Waals surface area contributed by atoms with E-state index in [1.54, 1.807) is 35.2 Å². The lowest BCUT2D eigenvalue weighted by Crippen LogP contribution is -2.40. The van der Waals surface area contributed by atoms with Crippen LogP contribution in [0.25, 0.3) is 11.2 Å². The molecule has 0 N–H and O–H groups in total. The Morgan fingerprint density at radius 3 is 2.63 bits per heavy atom. The molecule has 1 aromatic carbocycles. The van der Waals surface area contributed by atoms with Crippen molar-refractivity contribution >= 4 is 40.3 Å². The number of halogens is 2. The molecule has 0 saturated carbocycles. The maximum absolute atomic E-state index is 12.9. The van der Waals surface area contributed by atoms with Crippen molar-refractivity contribution in [2.75, 3.05) is 0 Å². The number of benzene rings is 1. The molecule has 1 aliphatic heterocycles. The molecule has 7 nitrogen and oxygen atoms in total. The standard InChI is InChI=1S/C21H22Cl2N4O3/c1-4-13-21(3,5-2)15(30-19(28)12-9-7-6-8-10-12)18(29-13)27-11-24-14-16(22)25-20(23)26-17(14)27/h6-11,13,15,18H,4-5H2,1-3H3. The molecule has 9 heteroatoms. The van der Waals surface area contributed by atoms with E-state index in [1.807, 2.05) is 6.07 Å². The second kappa shape index (κ2) is 8.13. The highest BCUT2D eigenvalue weighted by Crippen LogP contribution is 2.49. The lowest BCUT2D eigenvalue weighted by atomic mass is 9.77. The van der Waals surface area contributed by atoms with Gasteiger partial charge in [0.05, 0.1) is 18.0 Å². The van der Waals surface area contributed by atoms with E-state index in [2.05, 4.69) is 35.7 Å². The Bertz CT molecular complexity index is 1070. The molecular weight excluding hydrogens is 427 g/mol. The lowest BCUT2D eigenvalue weighted by molar-refractivity contribution is -0.0478. The summed E-state index contributed by atoms with van der Waals surface area (Å²) in [5, 5.41) is 0.167. The van der Waals surface area contributed by atoms with Crippen LogP contribution in [0.4, 0.5) is 0 Å². The van der Waals surface area contributed by atoms with E-state index >= 15 is 0 Å². The van der Waals surface area contributed by atoms with Crippen molar-refractivity contribution in [1.82, 2.24) is 19.5 Å². The molecule has 158 valence electrons. The summed E-state index contributed by atoms with van der Waals surface area (Å²) in [5.41, 5.74) is 0.927. The van der Waals surface area contributed by atoms with E-state index < -0.39 is 23.7 Å². The van der Waals surface area contributed by atoms with Gasteiger partial charge in [0.2, 0.25) is 5.28 Å². The third kappa shape index (κ3) is 3.45. The molecule has 0 bridgehead atoms. The number of fused-ring (bicyclic) bond motifs is 1. The molecular formula is C21H22Cl2N4O3. The van der Waals surface area contributed by atoms with Gasteiger partial charge in [-0.15, -0.1) is 0 Å². The van der Waals surface area contributed by atoms with E-state index in [-0.39, 0.29) is 16.5 Å². The number of carbonyl (C=O) groups excluding carboxylic acids is 1. The predicted molar refractivity (Wildman–Crippen MR) is 114 cm³/mol. The van der Waals surface area contributed by atoms with E-state index in [0.717, 1.165) is 12.8 Å². The van der Waals surface area contributed by atoms with Crippen LogP contribution >= 0.6 is 23.2 Å². The van der Waals surface area contributed by atoms with Gasteiger partial charge < -0.3 is 9.47 Å². The van der Waals surface area contributed by atoms with Gasteiger partial charge in [-0.2, -0.15) is 4.98 Å². The van der Waals surface area contributed by atoms with Crippen molar-refractivity contribution in [2.45, 2.75) is 52.0 Å². The van der Waals surface area contributed by atoms with Crippen molar-refractivity contribution in [3.8, 4) is 0 Å². The van der Waals surface area contributed by atoms with E-state index in [0.29, 0.717) is 16.7 Å². The van der Waals surface area contributed by atoms with Crippen LogP contribution in [0.5, 0.6) is 0 Å². The van der Waals surface area contributed by atoms with E-state index in [9.17, 15) is 4.79 Å². The van der Waals surface area contributed by atoms with Gasteiger partial charge in [-0.3, -0.25) is 4.57 Å². The lowest BCUT2D eigenvalue weighted by Gasteiger charge is -2.33. The normalized spacial score (nSPS) is 26.2. The van der Waals surface area contributed by atoms with Crippen molar-refractivity contribution in [2.24, 2.45) is 5.41 Å². The number of aromatic nitrogens is 4. The van der Waals surface area contributed by atoms with Gasteiger partial charge in [0.15, 0.2) is 23.1 Å². The average Bonchev–Trinajstić information content (AvgIpc) is 3.28. The van der Waals surface area contributed by atoms with Gasteiger partial charge in [-0.05, 0) is 36.6 Å². The quantitative estimate of drug-likeness (QED) is 0.307. The van der Waals surface area contributed by atoms with E-state index in [4.69, 9.17) is 32.7 Å². The molecule has 4 atom stereocenters. The smallest absolute Gasteiger partial charge is 0.338 e. The number of imidazole rings is 1. The van der Waals surface area contributed by atoms with Crippen LogP contribution in [-0.2, 0) is 9.47 Å². The largest absolute Gasteiger partial charge is 0.453 e. The van der Waals surface area contributed by atoms with Crippen molar-refractivity contribution in [1.29, 1.82) is 0 Å². The number of hydrogen-bond donors (Lipinski definition) is 0. The minimum Gasteiger partial charge on any atom is -0.453 e. The van der Waals surface area contributed by atoms with Crippen LogP contribution in [-0.4, -0.2) is 37.7 Å². The molecule has 4 rings (SSSR count). The third-order valence-electron chi connectivity index (χ3n) is 5.95. The first kappa shape index (κ1) is 21.0. The minimum absolute atomic E-state index is 0.00960. The molecule has 4 unspecified atom stereocenters. The first-order valence-electron chi connectivity index (χ1n) is 9.86. The Balaban J connectivity index is 1.78. The Kier molecular flexibility index (Phi) is 5.70. The predicted octanol–water partition coefficient (Wildman–Crippen LogP) is 5.08. The number of ether oxygens (including phenoxy) is 2. The molecule has 0 amide bonds. The molecule has 0 aliphatic carbocycles. The molecule has 30 heavy (non-hydrogen) atoms. The molecule has 3 aromatic rings. The zero-order valence-electron chi connectivity index (χ0n) is 16.9. The molecule has 3 heterocycles. The maximum atomic E-state index is 12.9. The summed E-state index contributed by atoms with van der Waals surface area (Å²) in [6, 6.07) is 8.92. The fourth-order valence-electron chi connectivity index (χ4n) is 4.10. The second-order valence-electron chi connectivity index (χ2n) is 7.58. The van der Waals surface area contributed by atoms with Crippen molar-refractivity contribution in [3.63, 3.8) is 0 Å². The average molecular weight is 449 g/mol. The van der Waals surface area contributed by atoms with Crippen LogP contribution in [0.1, 0.15) is 50.2 Å². The summed E-state index contributed by atoms with van der Waals surface area (Å²) in [6.07, 6.45) is 1.79. The first-order chi connectivity index (χ1) is 14.4. The molecule has 1 aliphatic rings. The maximum Gasteiger partial charge on any atom is 0.338 e. The SMILES string of the molecule is CCC1OC(n2cnc3c(Cl)nc(Cl)nc32)C(OC(=O)c2ccccc2)C1(C)CC. The van der Waals surface area contributed by atoms with Crippen molar-refractivity contribution < 1.29 is 14.3 Å². The van der Waals surface area contributed by atoms with Crippen LogP contribution in [0.2, 0.25) is 10.4 Å². The zero-order chi connectivity index (χ0) is 21.5. The van der Waals surface area contributed by atoms with Crippen LogP contribution in [0.3, 0.4) is 0 Å². The monoisotopic (exact) mass is 448 g/mol. The van der Waals surface area contributed by atoms with Crippen LogP contribution < -0.4 is 0 Å². The highest BCUT2D eigenvalue weighted by molar-refractivity contribution is 6.35. The Labute approximate surface area is 184 Å². The number of hydrogen-bond acceptors (Lipinski definition) is 6. The fraction of sp³-hybridized carbons (Fsp3) is 0.429. The van der Waals surface area contributed by atoms with Gasteiger partial charge in [0, 0.05) is 5.41 Å². The molecule has 0 spiro atoms. The van der Waals surface area contributed by atoms with Gasteiger partial charge >= 0.3 is 5.97 Å². The number of esters is 1. The number of carbonyl (C=O) groups is 1. The van der Waals surface area contributed by atoms with Gasteiger partial charge in [0.25, 0.3) is 0 Å². The van der Waals surface area contributed by atoms with Crippen molar-refractivity contribution in [3.05, 3.63) is 52.7 Å². The second-order valence-corrected chi connectivity index (χ2v) is 8.28. The Morgan fingerprint density at radius 1 is 1.23 bits per heavy atom. The fourth-order valence-corrected chi connectivity index (χ4v) is 4.52. The Morgan fingerprint density at radius 2 is 1.97 bits per heavy atom. The van der Waals surface area contributed by atoms with Gasteiger partial charge in [-0.1, -0.05) is 50.6 Å². The summed E-state index contributed by atoms with van der Waals surface area (Å²) in [4.78, 5) is 25.5. The topological polar surface area (TPSA) is 79.1 Å². The van der Waals surface area contributed by atoms with Crippen LogP contribution in [0, 0.1) is 5.41 Å². The minimum atomic E-state index is -0.625. The van der Waals surface area contributed by atoms with Gasteiger partial charge in [0.1, 0.15) is 5.52 Å². The summed E-state index contributed by atoms with van der Waals surface area (Å²) in [5.74, 6) is -0.402. The molecule has 0 radical (unpaired) electrons. The zero-order valence-corrected chi connectivity index (χ0v) is 18.4. The molecule has 1 fully saturated rings. The summed E-state index contributed by atoms with van der Waals surface area (Å²) in [6.45, 7) is 6.21. The van der Waals surface area contributed by atoms with Gasteiger partial charge in [-0.25, -0.2) is 14.8 Å². The Hall–Kier alpha value is -2.22. The summed E-state index contributed by atoms with van der Waals surface area (Å²) >= 11 is 12.2. The molecule has 1 saturated heterocycles. The number of rotatable bonds is 5. The summed E-state index contributed by atoms with van der Waals surface area (Å²) < 4.78 is 14.2. The van der Waals surface area contributed by atoms with Crippen LogP contribution in [0.15, 0.2) is 36.7 Å². The highest BCUT2D eigenvalue weighted by Gasteiger charge is 2.55. The highest BCUT2D eigenvalue weighted by atomic mass is 35.5.